The van der Waals surface area contributed by atoms with Crippen molar-refractivity contribution in [2.75, 3.05) is 0 Å². The molecule has 48 heavy (non-hydrogen) atoms. The zero-order valence-electron chi connectivity index (χ0n) is 29.0. The van der Waals surface area contributed by atoms with Crippen LogP contribution in [0.1, 0.15) is 76.6 Å². The van der Waals surface area contributed by atoms with Gasteiger partial charge in [-0.15, -0.1) is 48.8 Å². The molecule has 0 heterocycles. The molecular weight excluding hydrogens is 956 g/mol. The van der Waals surface area contributed by atoms with E-state index in [2.05, 4.69) is 163 Å². The zero-order chi connectivity index (χ0) is 33.3. The van der Waals surface area contributed by atoms with Crippen molar-refractivity contribution in [2.24, 2.45) is 0 Å². The van der Waals surface area contributed by atoms with E-state index in [-0.39, 0.29) is 24.8 Å². The van der Waals surface area contributed by atoms with Crippen LogP contribution in [-0.2, 0) is 60.6 Å². The van der Waals surface area contributed by atoms with E-state index >= 15 is 0 Å². The second kappa shape index (κ2) is 24.1. The molecule has 8 rings (SSSR count). The van der Waals surface area contributed by atoms with E-state index in [1.807, 2.05) is 12.1 Å². The van der Waals surface area contributed by atoms with E-state index in [1.54, 1.807) is 6.51 Å². The number of allylic oxidation sites excluding steroid dienone is 8. The van der Waals surface area contributed by atoms with E-state index in [1.165, 1.54) is 103 Å². The third-order valence-electron chi connectivity index (χ3n) is 6.97. The molecule has 0 saturated heterocycles. The number of fused-ring (bicyclic) bond motifs is 6. The summed E-state index contributed by atoms with van der Waals surface area (Å²) in [6.45, 7) is 12.7. The Hall–Kier alpha value is -2.10. The molecule has 0 nitrogen and oxygen atoms in total. The summed E-state index contributed by atoms with van der Waals surface area (Å²) in [6.07, 6.45) is 18.8. The topological polar surface area (TPSA) is 0 Å². The minimum atomic E-state index is 0. The van der Waals surface area contributed by atoms with Gasteiger partial charge in [-0.3, -0.25) is 12.2 Å². The Morgan fingerprint density at radius 3 is 1.15 bits per heavy atom. The normalized spacial score (nSPS) is 12.5. The van der Waals surface area contributed by atoms with Crippen LogP contribution >= 0.6 is 24.8 Å². The fraction of sp³-hybridized carbons (Fsp3) is 0.227. The first-order chi connectivity index (χ1) is 22.2. The van der Waals surface area contributed by atoms with Crippen molar-refractivity contribution in [3.63, 3.8) is 0 Å². The van der Waals surface area contributed by atoms with Crippen LogP contribution in [0.3, 0.4) is 0 Å². The average Bonchev–Trinajstić information content (AvgIpc) is 3.84. The average molecular weight is 1000 g/mol. The molecule has 0 N–H and O–H groups in total. The summed E-state index contributed by atoms with van der Waals surface area (Å²) < 4.78 is 3.11. The van der Waals surface area contributed by atoms with Crippen LogP contribution < -0.4 is 0 Å². The van der Waals surface area contributed by atoms with Gasteiger partial charge in [0.05, 0.1) is 0 Å². The molecule has 0 spiro atoms. The van der Waals surface area contributed by atoms with Crippen LogP contribution in [0.2, 0.25) is 0 Å². The Bertz CT molecular complexity index is 1510. The minimum absolute atomic E-state index is 0. The van der Waals surface area contributed by atoms with Gasteiger partial charge in [0.2, 0.25) is 0 Å². The van der Waals surface area contributed by atoms with Crippen LogP contribution in [0.25, 0.3) is 22.3 Å². The van der Waals surface area contributed by atoms with Crippen molar-refractivity contribution < 1.29 is 47.8 Å². The number of hydrogen-bond acceptors (Lipinski definition) is 0. The van der Waals surface area contributed by atoms with Gasteiger partial charge in [0.25, 0.3) is 0 Å². The van der Waals surface area contributed by atoms with Gasteiger partial charge < -0.3 is 0 Å². The summed E-state index contributed by atoms with van der Waals surface area (Å²) in [6, 6.07) is 36.2. The van der Waals surface area contributed by atoms with Crippen LogP contribution in [-0.4, -0.2) is 6.51 Å². The largest absolute Gasteiger partial charge is 0.179 e. The summed E-state index contributed by atoms with van der Waals surface area (Å²) >= 11 is 2.53. The van der Waals surface area contributed by atoms with E-state index in [4.69, 9.17) is 0 Å². The Balaban J connectivity index is 0.000000307. The van der Waals surface area contributed by atoms with Crippen LogP contribution in [0.5, 0.6) is 0 Å². The van der Waals surface area contributed by atoms with Gasteiger partial charge in [0.15, 0.2) is 0 Å². The molecule has 0 unspecified atom stereocenters. The Morgan fingerprint density at radius 1 is 0.521 bits per heavy atom. The van der Waals surface area contributed by atoms with E-state index in [9.17, 15) is 0 Å². The second-order valence-electron chi connectivity index (χ2n) is 11.7. The maximum atomic E-state index is 3.30. The van der Waals surface area contributed by atoms with Gasteiger partial charge in [-0.05, 0) is 12.8 Å². The smallest absolute Gasteiger partial charge is 0.0253 e. The fourth-order valence-corrected chi connectivity index (χ4v) is 5.02. The minimum Gasteiger partial charge on any atom is -0.179 e. The van der Waals surface area contributed by atoms with Crippen molar-refractivity contribution >= 4 is 31.3 Å². The monoisotopic (exact) mass is 1000 g/mol. The third-order valence-corrected chi connectivity index (χ3v) is 6.97. The van der Waals surface area contributed by atoms with Crippen molar-refractivity contribution in [3.05, 3.63) is 167 Å². The Morgan fingerprint density at radius 2 is 0.854 bits per heavy atom. The fourth-order valence-electron chi connectivity index (χ4n) is 5.02. The molecule has 0 amide bonds. The molecule has 0 atom stereocenters. The molecule has 4 aliphatic carbocycles. The standard InChI is InChI=1S/2C13H9.2C6H7.2C3H6.2ClH.2Hf/c2*1-3-7-12-10(5-1)9-11-6-2-4-8-13(11)12;2*1-6-4-2-3-5-6;2*1-3-2;;;;/h2*1-5,7-8H,9H2;2*2,4H,3H2,1H3;2*1-2H3;2*1H;;/q4*-1;;;;;2*+2. The van der Waals surface area contributed by atoms with Gasteiger partial charge >= 0.3 is 82.0 Å². The number of rotatable bonds is 0. The van der Waals surface area contributed by atoms with Crippen molar-refractivity contribution in [2.45, 2.75) is 67.2 Å². The van der Waals surface area contributed by atoms with Crippen LogP contribution in [0.15, 0.2) is 120 Å². The van der Waals surface area contributed by atoms with Gasteiger partial charge in [-0.1, -0.05) is 84.6 Å². The van der Waals surface area contributed by atoms with E-state index < -0.39 is 0 Å². The molecule has 4 aromatic rings. The Labute approximate surface area is 332 Å². The summed E-state index contributed by atoms with van der Waals surface area (Å²) in [5.74, 6) is 0. The molecule has 244 valence electrons. The SMILES string of the molecule is CC1=[C-]CC=C1.CC1=[C-]CC=C1.C[C](C)=[Hf+2].C[C](C)=[Hf+2].Cl.Cl.[c-]1cccc2c1Cc1ccccc1-2.[c-]1cccc2c1Cc1ccccc1-2. The molecule has 0 fully saturated rings. The van der Waals surface area contributed by atoms with Gasteiger partial charge in [-0.2, -0.15) is 71.8 Å². The maximum Gasteiger partial charge on any atom is -0.0253 e. The van der Waals surface area contributed by atoms with Crippen molar-refractivity contribution in [1.82, 2.24) is 0 Å². The molecule has 0 bridgehead atoms. The number of benzene rings is 4. The predicted molar refractivity (Wildman–Crippen MR) is 207 cm³/mol. The quantitative estimate of drug-likeness (QED) is 0.105. The molecule has 4 heteroatoms. The summed E-state index contributed by atoms with van der Waals surface area (Å²) in [5.41, 5.74) is 13.6. The molecule has 0 aromatic heterocycles. The van der Waals surface area contributed by atoms with Gasteiger partial charge in [-0.25, -0.2) is 23.3 Å². The van der Waals surface area contributed by atoms with Crippen LogP contribution in [0, 0.1) is 24.3 Å². The summed E-state index contributed by atoms with van der Waals surface area (Å²) in [7, 11) is 0. The van der Waals surface area contributed by atoms with E-state index in [0.29, 0.717) is 0 Å². The Kier molecular flexibility index (Phi) is 22.1. The first-order valence-corrected chi connectivity index (χ1v) is 19.4. The molecule has 0 radical (unpaired) electrons. The molecule has 4 aromatic carbocycles. The second-order valence-corrected chi connectivity index (χ2v) is 18.9. The predicted octanol–water partition coefficient (Wildman–Crippen LogP) is 11.8. The summed E-state index contributed by atoms with van der Waals surface area (Å²) in [5, 5.41) is 0. The van der Waals surface area contributed by atoms with Crippen molar-refractivity contribution in [3.8, 4) is 22.3 Å². The van der Waals surface area contributed by atoms with Crippen LogP contribution in [0.4, 0.5) is 0 Å². The molecule has 0 saturated carbocycles. The van der Waals surface area contributed by atoms with Gasteiger partial charge in [0, 0.05) is 0 Å². The summed E-state index contributed by atoms with van der Waals surface area (Å²) in [4.78, 5) is 0. The zero-order valence-corrected chi connectivity index (χ0v) is 37.9. The third kappa shape index (κ3) is 15.6. The molecule has 4 aliphatic rings. The maximum absolute atomic E-state index is 3.30. The number of halogens is 2. The number of hydrogen-bond donors (Lipinski definition) is 0. The molecule has 0 aliphatic heterocycles. The first kappa shape index (κ1) is 43.9. The van der Waals surface area contributed by atoms with Crippen molar-refractivity contribution in [1.29, 1.82) is 0 Å². The first-order valence-electron chi connectivity index (χ1n) is 15.8. The van der Waals surface area contributed by atoms with E-state index in [0.717, 1.165) is 25.7 Å². The molecular formula is C44H46Cl2Hf2. The van der Waals surface area contributed by atoms with Gasteiger partial charge in [0.1, 0.15) is 0 Å².